The Kier molecular flexibility index (Phi) is 5.94. The molecule has 0 N–H and O–H groups in total. The first-order chi connectivity index (χ1) is 7.19. The summed E-state index contributed by atoms with van der Waals surface area (Å²) in [6, 6.07) is 7.76. The van der Waals surface area contributed by atoms with Crippen molar-refractivity contribution in [3.8, 4) is 0 Å². The summed E-state index contributed by atoms with van der Waals surface area (Å²) in [7, 11) is 0. The van der Waals surface area contributed by atoms with Gasteiger partial charge in [0.2, 0.25) is 0 Å². The second kappa shape index (κ2) is 6.71. The Morgan fingerprint density at radius 3 is 2.47 bits per heavy atom. The van der Waals surface area contributed by atoms with Crippen LogP contribution in [0, 0.1) is 0 Å². The van der Waals surface area contributed by atoms with Crippen molar-refractivity contribution in [1.82, 2.24) is 0 Å². The summed E-state index contributed by atoms with van der Waals surface area (Å²) in [6.07, 6.45) is 0. The molecule has 0 fully saturated rings. The van der Waals surface area contributed by atoms with E-state index in [0.717, 1.165) is 11.3 Å². The third kappa shape index (κ3) is 3.93. The van der Waals surface area contributed by atoms with Gasteiger partial charge in [-0.05, 0) is 17.9 Å². The molecule has 1 nitrogen and oxygen atoms in total. The average Bonchev–Trinajstić information content (AvgIpc) is 2.28. The van der Waals surface area contributed by atoms with E-state index in [1.54, 1.807) is 11.8 Å². The van der Waals surface area contributed by atoms with E-state index in [4.69, 9.17) is 0 Å². The maximum atomic E-state index is 11.8. The van der Waals surface area contributed by atoms with Crippen molar-refractivity contribution < 1.29 is 4.79 Å². The fraction of sp³-hybridized carbons (Fsp3) is 0.364. The van der Waals surface area contributed by atoms with E-state index >= 15 is 0 Å². The monoisotopic (exact) mass is 350 g/mol. The molecular formula is C11H12Br2OS. The van der Waals surface area contributed by atoms with Crippen LogP contribution in [0.25, 0.3) is 0 Å². The number of halogens is 2. The summed E-state index contributed by atoms with van der Waals surface area (Å²) in [4.78, 5) is 12.8. The first-order valence-electron chi connectivity index (χ1n) is 4.66. The Morgan fingerprint density at radius 1 is 1.40 bits per heavy atom. The van der Waals surface area contributed by atoms with Crippen LogP contribution < -0.4 is 0 Å². The summed E-state index contributed by atoms with van der Waals surface area (Å²) < 4.78 is 0. The smallest absolute Gasteiger partial charge is 0.177 e. The molecular weight excluding hydrogens is 340 g/mol. The molecule has 0 radical (unpaired) electrons. The molecule has 0 saturated heterocycles. The molecule has 15 heavy (non-hydrogen) atoms. The van der Waals surface area contributed by atoms with E-state index in [1.165, 1.54) is 4.90 Å². The molecule has 0 heterocycles. The van der Waals surface area contributed by atoms with Gasteiger partial charge < -0.3 is 0 Å². The Balaban J connectivity index is 2.75. The highest BCUT2D eigenvalue weighted by atomic mass is 79.9. The lowest BCUT2D eigenvalue weighted by molar-refractivity contribution is 0.0997. The van der Waals surface area contributed by atoms with Crippen molar-refractivity contribution in [3.05, 3.63) is 29.8 Å². The van der Waals surface area contributed by atoms with Crippen LogP contribution >= 0.6 is 43.6 Å². The van der Waals surface area contributed by atoms with Crippen LogP contribution in [0.5, 0.6) is 0 Å². The first kappa shape index (κ1) is 13.3. The number of ketones is 1. The fourth-order valence-electron chi connectivity index (χ4n) is 1.13. The maximum Gasteiger partial charge on any atom is 0.177 e. The molecule has 1 aromatic carbocycles. The predicted octanol–water partition coefficient (Wildman–Crippen LogP) is 4.14. The molecule has 82 valence electrons. The molecule has 1 rings (SSSR count). The van der Waals surface area contributed by atoms with Crippen LogP contribution in [0.3, 0.4) is 0 Å². The Morgan fingerprint density at radius 2 is 2.00 bits per heavy atom. The lowest BCUT2D eigenvalue weighted by Crippen LogP contribution is -2.15. The Bertz CT molecular complexity index is 324. The Labute approximate surface area is 111 Å². The van der Waals surface area contributed by atoms with Crippen molar-refractivity contribution in [1.29, 1.82) is 0 Å². The van der Waals surface area contributed by atoms with Gasteiger partial charge >= 0.3 is 0 Å². The highest BCUT2D eigenvalue weighted by Crippen LogP contribution is 2.19. The lowest BCUT2D eigenvalue weighted by Gasteiger charge is -2.05. The molecule has 4 heteroatoms. The van der Waals surface area contributed by atoms with Crippen LogP contribution in [-0.2, 0) is 0 Å². The van der Waals surface area contributed by atoms with Gasteiger partial charge in [0.25, 0.3) is 0 Å². The van der Waals surface area contributed by atoms with Crippen molar-refractivity contribution >= 4 is 49.4 Å². The van der Waals surface area contributed by atoms with Gasteiger partial charge in [-0.1, -0.05) is 50.9 Å². The third-order valence-corrected chi connectivity index (χ3v) is 5.02. The second-order valence-electron chi connectivity index (χ2n) is 2.94. The normalized spacial score (nSPS) is 12.5. The maximum absolute atomic E-state index is 11.8. The molecule has 0 amide bonds. The van der Waals surface area contributed by atoms with Crippen LogP contribution in [0.15, 0.2) is 29.2 Å². The number of hydrogen-bond acceptors (Lipinski definition) is 2. The largest absolute Gasteiger partial charge is 0.293 e. The van der Waals surface area contributed by atoms with Crippen LogP contribution in [0.1, 0.15) is 17.3 Å². The molecule has 0 aliphatic heterocycles. The summed E-state index contributed by atoms with van der Waals surface area (Å²) in [5, 5.41) is 0.636. The highest BCUT2D eigenvalue weighted by molar-refractivity contribution is 9.12. The first-order valence-corrected chi connectivity index (χ1v) is 7.68. The SMILES string of the molecule is CCSc1ccc(C(=O)C(Br)CBr)cc1. The minimum absolute atomic E-state index is 0.125. The van der Waals surface area contributed by atoms with Crippen LogP contribution in [0.2, 0.25) is 0 Å². The molecule has 1 aromatic rings. The second-order valence-corrected chi connectivity index (χ2v) is 6.03. The molecule has 0 aromatic heterocycles. The average molecular weight is 352 g/mol. The van der Waals surface area contributed by atoms with E-state index < -0.39 is 0 Å². The number of benzene rings is 1. The van der Waals surface area contributed by atoms with Gasteiger partial charge in [0.05, 0.1) is 4.83 Å². The molecule has 0 aliphatic rings. The van der Waals surface area contributed by atoms with E-state index in [9.17, 15) is 4.79 Å². The van der Waals surface area contributed by atoms with Gasteiger partial charge in [-0.3, -0.25) is 4.79 Å². The van der Waals surface area contributed by atoms with Gasteiger partial charge in [0.1, 0.15) is 0 Å². The van der Waals surface area contributed by atoms with Crippen LogP contribution in [-0.4, -0.2) is 21.7 Å². The Hall–Kier alpha value is 0.200. The molecule has 0 spiro atoms. The number of hydrogen-bond donors (Lipinski definition) is 0. The van der Waals surface area contributed by atoms with Gasteiger partial charge in [-0.2, -0.15) is 0 Å². The predicted molar refractivity (Wildman–Crippen MR) is 73.7 cm³/mol. The van der Waals surface area contributed by atoms with Gasteiger partial charge in [0, 0.05) is 15.8 Å². The molecule has 0 aliphatic carbocycles. The molecule has 1 atom stereocenters. The number of carbonyl (C=O) groups is 1. The van der Waals surface area contributed by atoms with Gasteiger partial charge in [-0.15, -0.1) is 11.8 Å². The van der Waals surface area contributed by atoms with Crippen LogP contribution in [0.4, 0.5) is 0 Å². The summed E-state index contributed by atoms with van der Waals surface area (Å²) in [5.74, 6) is 1.18. The van der Waals surface area contributed by atoms with Crippen molar-refractivity contribution in [2.24, 2.45) is 0 Å². The minimum atomic E-state index is -0.137. The third-order valence-electron chi connectivity index (χ3n) is 1.87. The number of alkyl halides is 2. The molecule has 0 saturated carbocycles. The summed E-state index contributed by atoms with van der Waals surface area (Å²) in [5.41, 5.74) is 0.761. The number of Topliss-reactive ketones (excluding diaryl/α,β-unsaturated/α-hetero) is 1. The fourth-order valence-corrected chi connectivity index (χ4v) is 2.35. The van der Waals surface area contributed by atoms with Gasteiger partial charge in [-0.25, -0.2) is 0 Å². The quantitative estimate of drug-likeness (QED) is 0.450. The zero-order valence-electron chi connectivity index (χ0n) is 8.37. The lowest BCUT2D eigenvalue weighted by atomic mass is 10.1. The number of thioether (sulfide) groups is 1. The zero-order chi connectivity index (χ0) is 11.3. The summed E-state index contributed by atoms with van der Waals surface area (Å²) >= 11 is 8.38. The molecule has 1 unspecified atom stereocenters. The van der Waals surface area contributed by atoms with E-state index in [-0.39, 0.29) is 10.6 Å². The number of carbonyl (C=O) groups excluding carboxylic acids is 1. The van der Waals surface area contributed by atoms with Crippen molar-refractivity contribution in [2.75, 3.05) is 11.1 Å². The number of rotatable bonds is 5. The highest BCUT2D eigenvalue weighted by Gasteiger charge is 2.14. The topological polar surface area (TPSA) is 17.1 Å². The zero-order valence-corrected chi connectivity index (χ0v) is 12.4. The van der Waals surface area contributed by atoms with Crippen molar-refractivity contribution in [3.63, 3.8) is 0 Å². The van der Waals surface area contributed by atoms with E-state index in [0.29, 0.717) is 5.33 Å². The van der Waals surface area contributed by atoms with E-state index in [2.05, 4.69) is 38.8 Å². The minimum Gasteiger partial charge on any atom is -0.293 e. The van der Waals surface area contributed by atoms with Crippen molar-refractivity contribution in [2.45, 2.75) is 16.6 Å². The van der Waals surface area contributed by atoms with E-state index in [1.807, 2.05) is 24.3 Å². The standard InChI is InChI=1S/C11H12Br2OS/c1-2-15-9-5-3-8(4-6-9)11(14)10(13)7-12/h3-6,10H,2,7H2,1H3. The molecule has 0 bridgehead atoms. The summed E-state index contributed by atoms with van der Waals surface area (Å²) in [6.45, 7) is 2.11. The van der Waals surface area contributed by atoms with Gasteiger partial charge in [0.15, 0.2) is 5.78 Å².